The Morgan fingerprint density at radius 1 is 1.29 bits per heavy atom. The standard InChI is InChI=1S/C16H18N6OS/c23-14(12-10-22-8-4-7-17-15(22)18-12)19-16-21-20-13(24-16)9-11-5-2-1-3-6-11/h4,7-8,10-11H,1-3,5-6,9H2,(H,19,21,23). The Balaban J connectivity index is 1.42. The number of aromatic nitrogens is 5. The highest BCUT2D eigenvalue weighted by Gasteiger charge is 2.18. The second-order valence-electron chi connectivity index (χ2n) is 6.12. The fourth-order valence-electron chi connectivity index (χ4n) is 3.13. The largest absolute Gasteiger partial charge is 0.295 e. The minimum Gasteiger partial charge on any atom is -0.295 e. The number of amides is 1. The van der Waals surface area contributed by atoms with Gasteiger partial charge in [0.2, 0.25) is 10.9 Å². The van der Waals surface area contributed by atoms with Crippen LogP contribution in [0.5, 0.6) is 0 Å². The maximum Gasteiger partial charge on any atom is 0.277 e. The number of carbonyl (C=O) groups is 1. The quantitative estimate of drug-likeness (QED) is 0.788. The van der Waals surface area contributed by atoms with Crippen molar-refractivity contribution < 1.29 is 4.79 Å². The van der Waals surface area contributed by atoms with E-state index >= 15 is 0 Å². The molecule has 1 N–H and O–H groups in total. The van der Waals surface area contributed by atoms with Gasteiger partial charge < -0.3 is 0 Å². The molecule has 0 saturated heterocycles. The van der Waals surface area contributed by atoms with Crippen molar-refractivity contribution in [2.24, 2.45) is 5.92 Å². The lowest BCUT2D eigenvalue weighted by atomic mass is 9.87. The molecule has 0 unspecified atom stereocenters. The molecule has 8 heteroatoms. The van der Waals surface area contributed by atoms with Gasteiger partial charge in [0.1, 0.15) is 10.7 Å². The van der Waals surface area contributed by atoms with E-state index in [1.165, 1.54) is 43.4 Å². The molecule has 124 valence electrons. The maximum atomic E-state index is 12.3. The van der Waals surface area contributed by atoms with Crippen molar-refractivity contribution in [3.63, 3.8) is 0 Å². The first-order valence-corrected chi connectivity index (χ1v) is 9.03. The van der Waals surface area contributed by atoms with E-state index in [1.54, 1.807) is 29.1 Å². The Bertz CT molecular complexity index is 818. The zero-order valence-corrected chi connectivity index (χ0v) is 14.0. The van der Waals surface area contributed by atoms with E-state index in [2.05, 4.69) is 25.5 Å². The van der Waals surface area contributed by atoms with Gasteiger partial charge in [-0.1, -0.05) is 43.4 Å². The lowest BCUT2D eigenvalue weighted by Crippen LogP contribution is -2.12. The van der Waals surface area contributed by atoms with E-state index in [9.17, 15) is 4.79 Å². The molecule has 1 aliphatic carbocycles. The number of anilines is 1. The molecule has 1 saturated carbocycles. The van der Waals surface area contributed by atoms with Gasteiger partial charge in [-0.05, 0) is 12.0 Å². The van der Waals surface area contributed by atoms with Crippen LogP contribution in [0.1, 0.15) is 47.6 Å². The molecule has 4 rings (SSSR count). The second-order valence-corrected chi connectivity index (χ2v) is 7.18. The van der Waals surface area contributed by atoms with Crippen molar-refractivity contribution in [3.8, 4) is 0 Å². The van der Waals surface area contributed by atoms with Crippen LogP contribution >= 0.6 is 11.3 Å². The van der Waals surface area contributed by atoms with E-state index in [1.807, 2.05) is 0 Å². The molecular weight excluding hydrogens is 324 g/mol. The van der Waals surface area contributed by atoms with Gasteiger partial charge in [-0.2, -0.15) is 0 Å². The van der Waals surface area contributed by atoms with Gasteiger partial charge in [0.25, 0.3) is 5.91 Å². The van der Waals surface area contributed by atoms with Crippen LogP contribution in [0.25, 0.3) is 5.78 Å². The number of imidazole rings is 1. The maximum absolute atomic E-state index is 12.3. The third-order valence-corrected chi connectivity index (χ3v) is 5.20. The SMILES string of the molecule is O=C(Nc1nnc(CC2CCCCC2)s1)c1cn2cccnc2n1. The Morgan fingerprint density at radius 2 is 2.17 bits per heavy atom. The second kappa shape index (κ2) is 6.64. The molecule has 0 bridgehead atoms. The summed E-state index contributed by atoms with van der Waals surface area (Å²) in [7, 11) is 0. The molecule has 1 amide bonds. The molecule has 3 aromatic heterocycles. The monoisotopic (exact) mass is 342 g/mol. The predicted octanol–water partition coefficient (Wildman–Crippen LogP) is 2.96. The number of hydrogen-bond acceptors (Lipinski definition) is 6. The molecule has 0 aliphatic heterocycles. The predicted molar refractivity (Wildman–Crippen MR) is 91.1 cm³/mol. The van der Waals surface area contributed by atoms with E-state index in [0.717, 1.165) is 11.4 Å². The fourth-order valence-corrected chi connectivity index (χ4v) is 3.97. The van der Waals surface area contributed by atoms with E-state index < -0.39 is 0 Å². The van der Waals surface area contributed by atoms with Crippen LogP contribution in [0.4, 0.5) is 5.13 Å². The Kier molecular flexibility index (Phi) is 4.20. The summed E-state index contributed by atoms with van der Waals surface area (Å²) in [6.07, 6.45) is 12.6. The van der Waals surface area contributed by atoms with E-state index in [-0.39, 0.29) is 5.91 Å². The van der Waals surface area contributed by atoms with Crippen molar-refractivity contribution in [1.29, 1.82) is 0 Å². The molecule has 7 nitrogen and oxygen atoms in total. The molecule has 3 aromatic rings. The van der Waals surface area contributed by atoms with Gasteiger partial charge >= 0.3 is 0 Å². The van der Waals surface area contributed by atoms with E-state index in [4.69, 9.17) is 0 Å². The van der Waals surface area contributed by atoms with Crippen molar-refractivity contribution >= 4 is 28.2 Å². The third kappa shape index (κ3) is 3.28. The van der Waals surface area contributed by atoms with Crippen molar-refractivity contribution in [3.05, 3.63) is 35.4 Å². The lowest BCUT2D eigenvalue weighted by molar-refractivity contribution is 0.102. The number of carbonyl (C=O) groups excluding carboxylic acids is 1. The summed E-state index contributed by atoms with van der Waals surface area (Å²) in [4.78, 5) is 20.6. The molecule has 0 aromatic carbocycles. The summed E-state index contributed by atoms with van der Waals surface area (Å²) in [5.41, 5.74) is 0.317. The zero-order valence-electron chi connectivity index (χ0n) is 13.2. The highest BCUT2D eigenvalue weighted by Crippen LogP contribution is 2.28. The lowest BCUT2D eigenvalue weighted by Gasteiger charge is -2.19. The van der Waals surface area contributed by atoms with Crippen molar-refractivity contribution in [2.75, 3.05) is 5.32 Å². The van der Waals surface area contributed by atoms with Crippen LogP contribution in [-0.2, 0) is 6.42 Å². The van der Waals surface area contributed by atoms with Gasteiger partial charge in [-0.25, -0.2) is 9.97 Å². The molecule has 1 fully saturated rings. The number of hydrogen-bond donors (Lipinski definition) is 1. The Morgan fingerprint density at radius 3 is 3.00 bits per heavy atom. The van der Waals surface area contributed by atoms with Crippen LogP contribution in [0.3, 0.4) is 0 Å². The molecule has 0 atom stereocenters. The van der Waals surface area contributed by atoms with Gasteiger partial charge in [0, 0.05) is 25.0 Å². The van der Waals surface area contributed by atoms with E-state index in [0.29, 0.717) is 22.5 Å². The summed E-state index contributed by atoms with van der Waals surface area (Å²) in [6, 6.07) is 1.79. The van der Waals surface area contributed by atoms with Crippen LogP contribution in [0, 0.1) is 5.92 Å². The molecule has 3 heterocycles. The summed E-state index contributed by atoms with van der Waals surface area (Å²) in [5.74, 6) is 0.915. The average Bonchev–Trinajstić information content (AvgIpc) is 3.22. The minimum atomic E-state index is -0.291. The number of fused-ring (bicyclic) bond motifs is 1. The molecule has 0 spiro atoms. The van der Waals surface area contributed by atoms with Gasteiger partial charge in [0.05, 0.1) is 0 Å². The van der Waals surface area contributed by atoms with Gasteiger partial charge in [-0.15, -0.1) is 10.2 Å². The molecule has 0 radical (unpaired) electrons. The highest BCUT2D eigenvalue weighted by atomic mass is 32.1. The normalized spacial score (nSPS) is 15.7. The summed E-state index contributed by atoms with van der Waals surface area (Å²) < 4.78 is 1.71. The summed E-state index contributed by atoms with van der Waals surface area (Å²) in [5, 5.41) is 12.6. The highest BCUT2D eigenvalue weighted by molar-refractivity contribution is 7.15. The van der Waals surface area contributed by atoms with Crippen LogP contribution in [0.2, 0.25) is 0 Å². The Labute approximate surface area is 143 Å². The van der Waals surface area contributed by atoms with Gasteiger partial charge in [-0.3, -0.25) is 14.5 Å². The van der Waals surface area contributed by atoms with Crippen molar-refractivity contribution in [1.82, 2.24) is 24.6 Å². The minimum absolute atomic E-state index is 0.291. The average molecular weight is 342 g/mol. The summed E-state index contributed by atoms with van der Waals surface area (Å²) >= 11 is 1.45. The fraction of sp³-hybridized carbons (Fsp3) is 0.438. The Hall–Kier alpha value is -2.35. The first-order chi connectivity index (χ1) is 11.8. The van der Waals surface area contributed by atoms with Crippen LogP contribution < -0.4 is 5.32 Å². The first-order valence-electron chi connectivity index (χ1n) is 8.21. The third-order valence-electron chi connectivity index (χ3n) is 4.34. The number of rotatable bonds is 4. The number of nitrogens with zero attached hydrogens (tertiary/aromatic N) is 5. The van der Waals surface area contributed by atoms with Crippen molar-refractivity contribution in [2.45, 2.75) is 38.5 Å². The molecular formula is C16H18N6OS. The number of nitrogens with one attached hydrogen (secondary N) is 1. The van der Waals surface area contributed by atoms with Gasteiger partial charge in [0.15, 0.2) is 0 Å². The smallest absolute Gasteiger partial charge is 0.277 e. The first kappa shape index (κ1) is 15.2. The van der Waals surface area contributed by atoms with Crippen LogP contribution in [0.15, 0.2) is 24.7 Å². The topological polar surface area (TPSA) is 85.1 Å². The zero-order chi connectivity index (χ0) is 16.4. The molecule has 24 heavy (non-hydrogen) atoms. The van der Waals surface area contributed by atoms with Crippen LogP contribution in [-0.4, -0.2) is 30.5 Å². The summed E-state index contributed by atoms with van der Waals surface area (Å²) in [6.45, 7) is 0. The molecule has 1 aliphatic rings.